The van der Waals surface area contributed by atoms with E-state index in [2.05, 4.69) is 10.3 Å². The SMILES string of the molecule is CC(F)(F)C1OC[C@]2(c3cc(N)ccc3F)N=C(NC(=O)c3ccccc3)SC[C@H]12. The lowest BCUT2D eigenvalue weighted by Gasteiger charge is -2.37. The Balaban J connectivity index is 1.75. The van der Waals surface area contributed by atoms with E-state index in [-0.39, 0.29) is 34.7 Å². The lowest BCUT2D eigenvalue weighted by Crippen LogP contribution is -2.47. The number of halogens is 3. The number of carbonyl (C=O) groups is 1. The fraction of sp³-hybridized carbons (Fsp3) is 0.333. The predicted octanol–water partition coefficient (Wildman–Crippen LogP) is 3.81. The molecule has 2 heterocycles. The number of rotatable bonds is 3. The van der Waals surface area contributed by atoms with Gasteiger partial charge in [-0.25, -0.2) is 18.2 Å². The Morgan fingerprint density at radius 2 is 2.03 bits per heavy atom. The van der Waals surface area contributed by atoms with E-state index in [1.54, 1.807) is 30.3 Å². The zero-order chi connectivity index (χ0) is 21.5. The molecule has 4 rings (SSSR count). The Kier molecular flexibility index (Phi) is 5.27. The number of nitrogens with one attached hydrogen (secondary N) is 1. The molecule has 2 aliphatic heterocycles. The molecular formula is C21H20F3N3O2S. The number of thioether (sulfide) groups is 1. The van der Waals surface area contributed by atoms with Crippen molar-refractivity contribution < 1.29 is 22.7 Å². The van der Waals surface area contributed by atoms with Crippen molar-refractivity contribution in [2.45, 2.75) is 24.5 Å². The highest BCUT2D eigenvalue weighted by Gasteiger charge is 2.60. The molecule has 0 saturated carbocycles. The van der Waals surface area contributed by atoms with Gasteiger partial charge < -0.3 is 15.8 Å². The number of aliphatic imine (C=N–C) groups is 1. The fourth-order valence-electron chi connectivity index (χ4n) is 3.95. The smallest absolute Gasteiger partial charge is 0.271 e. The van der Waals surface area contributed by atoms with Gasteiger partial charge in [0.2, 0.25) is 0 Å². The van der Waals surface area contributed by atoms with Crippen LogP contribution in [-0.4, -0.2) is 35.5 Å². The summed E-state index contributed by atoms with van der Waals surface area (Å²) >= 11 is 1.14. The number of nitrogens with two attached hydrogens (primary N) is 1. The van der Waals surface area contributed by atoms with E-state index < -0.39 is 29.3 Å². The van der Waals surface area contributed by atoms with Gasteiger partial charge in [-0.15, -0.1) is 0 Å². The van der Waals surface area contributed by atoms with Crippen molar-refractivity contribution in [1.82, 2.24) is 5.32 Å². The van der Waals surface area contributed by atoms with E-state index in [4.69, 9.17) is 10.5 Å². The van der Waals surface area contributed by atoms with Crippen LogP contribution in [0.1, 0.15) is 22.8 Å². The normalized spacial score (nSPS) is 26.1. The number of amidine groups is 1. The molecule has 3 N–H and O–H groups in total. The summed E-state index contributed by atoms with van der Waals surface area (Å²) < 4.78 is 48.7. The van der Waals surface area contributed by atoms with Gasteiger partial charge in [0.05, 0.1) is 6.61 Å². The third-order valence-corrected chi connectivity index (χ3v) is 6.37. The van der Waals surface area contributed by atoms with Gasteiger partial charge in [0.1, 0.15) is 17.5 Å². The Bertz CT molecular complexity index is 997. The van der Waals surface area contributed by atoms with Crippen molar-refractivity contribution in [1.29, 1.82) is 0 Å². The first-order chi connectivity index (χ1) is 14.2. The maximum absolute atomic E-state index is 14.8. The van der Waals surface area contributed by atoms with Gasteiger partial charge in [-0.1, -0.05) is 30.0 Å². The summed E-state index contributed by atoms with van der Waals surface area (Å²) in [5, 5.41) is 2.93. The summed E-state index contributed by atoms with van der Waals surface area (Å²) in [6.07, 6.45) is -1.43. The maximum atomic E-state index is 14.8. The van der Waals surface area contributed by atoms with E-state index in [0.717, 1.165) is 18.7 Å². The number of carbonyl (C=O) groups excluding carboxylic acids is 1. The third-order valence-electron chi connectivity index (χ3n) is 5.38. The average molecular weight is 435 g/mol. The number of hydrogen-bond acceptors (Lipinski definition) is 5. The van der Waals surface area contributed by atoms with Crippen LogP contribution >= 0.6 is 11.8 Å². The molecule has 0 aliphatic carbocycles. The van der Waals surface area contributed by atoms with Crippen molar-refractivity contribution in [2.75, 3.05) is 18.1 Å². The number of nitrogen functional groups attached to an aromatic ring is 1. The van der Waals surface area contributed by atoms with E-state index in [9.17, 15) is 18.0 Å². The molecule has 0 radical (unpaired) electrons. The zero-order valence-electron chi connectivity index (χ0n) is 16.1. The molecule has 5 nitrogen and oxygen atoms in total. The van der Waals surface area contributed by atoms with Crippen molar-refractivity contribution >= 4 is 28.5 Å². The summed E-state index contributed by atoms with van der Waals surface area (Å²) in [5.74, 6) is -4.75. The van der Waals surface area contributed by atoms with Crippen LogP contribution in [0.4, 0.5) is 18.9 Å². The minimum atomic E-state index is -3.13. The summed E-state index contributed by atoms with van der Waals surface area (Å²) in [7, 11) is 0. The number of ether oxygens (including phenoxy) is 1. The first kappa shape index (κ1) is 20.7. The standard InChI is InChI=1S/C21H20F3N3O2S/c1-20(23,24)17-15-10-30-19(26-18(28)12-5-3-2-4-6-12)27-21(15,11-29-17)14-9-13(25)7-8-16(14)22/h2-9,15,17H,10-11,25H2,1H3,(H,26,27,28)/t15-,17?,21-/m1/s1. The summed E-state index contributed by atoms with van der Waals surface area (Å²) in [6.45, 7) is 0.544. The second-order valence-electron chi connectivity index (χ2n) is 7.51. The molecule has 3 atom stereocenters. The summed E-state index contributed by atoms with van der Waals surface area (Å²) in [6, 6.07) is 12.5. The largest absolute Gasteiger partial charge is 0.399 e. The number of amides is 1. The van der Waals surface area contributed by atoms with Crippen molar-refractivity contribution in [3.05, 3.63) is 65.5 Å². The van der Waals surface area contributed by atoms with Crippen LogP contribution in [0, 0.1) is 11.7 Å². The molecule has 1 amide bonds. The van der Waals surface area contributed by atoms with Crippen LogP contribution in [0.2, 0.25) is 0 Å². The highest BCUT2D eigenvalue weighted by Crippen LogP contribution is 2.51. The van der Waals surface area contributed by atoms with Crippen LogP contribution in [0.5, 0.6) is 0 Å². The zero-order valence-corrected chi connectivity index (χ0v) is 16.9. The van der Waals surface area contributed by atoms with E-state index in [1.807, 2.05) is 0 Å². The molecule has 1 fully saturated rings. The van der Waals surface area contributed by atoms with Crippen molar-refractivity contribution in [3.63, 3.8) is 0 Å². The lowest BCUT2D eigenvalue weighted by atomic mass is 9.77. The van der Waals surface area contributed by atoms with Gasteiger partial charge >= 0.3 is 0 Å². The van der Waals surface area contributed by atoms with Gasteiger partial charge in [-0.2, -0.15) is 0 Å². The minimum Gasteiger partial charge on any atom is -0.399 e. The minimum absolute atomic E-state index is 0.0889. The molecule has 1 unspecified atom stereocenters. The second kappa shape index (κ2) is 7.63. The van der Waals surface area contributed by atoms with Gasteiger partial charge in [-0.3, -0.25) is 4.79 Å². The van der Waals surface area contributed by atoms with E-state index in [0.29, 0.717) is 5.56 Å². The maximum Gasteiger partial charge on any atom is 0.271 e. The lowest BCUT2D eigenvalue weighted by molar-refractivity contribution is -0.113. The number of nitrogens with zero attached hydrogens (tertiary/aromatic N) is 1. The number of fused-ring (bicyclic) bond motifs is 1. The number of anilines is 1. The Labute approximate surface area is 175 Å². The van der Waals surface area contributed by atoms with Gasteiger partial charge in [0.15, 0.2) is 5.17 Å². The van der Waals surface area contributed by atoms with Crippen molar-refractivity contribution in [3.8, 4) is 0 Å². The molecule has 158 valence electrons. The Hall–Kier alpha value is -2.52. The first-order valence-corrected chi connectivity index (χ1v) is 10.3. The van der Waals surface area contributed by atoms with Crippen LogP contribution in [0.15, 0.2) is 53.5 Å². The molecule has 2 aromatic rings. The fourth-order valence-corrected chi connectivity index (χ4v) is 5.13. The van der Waals surface area contributed by atoms with E-state index in [1.165, 1.54) is 18.2 Å². The monoisotopic (exact) mass is 435 g/mol. The summed E-state index contributed by atoms with van der Waals surface area (Å²) in [5.41, 5.74) is 5.24. The quantitative estimate of drug-likeness (QED) is 0.719. The molecule has 0 aromatic heterocycles. The molecular weight excluding hydrogens is 415 g/mol. The Morgan fingerprint density at radius 3 is 2.73 bits per heavy atom. The molecule has 1 saturated heterocycles. The van der Waals surface area contributed by atoms with Crippen LogP contribution in [0.3, 0.4) is 0 Å². The third kappa shape index (κ3) is 3.67. The molecule has 2 aromatic carbocycles. The van der Waals surface area contributed by atoms with Crippen LogP contribution < -0.4 is 11.1 Å². The molecule has 30 heavy (non-hydrogen) atoms. The number of hydrogen-bond donors (Lipinski definition) is 2. The predicted molar refractivity (Wildman–Crippen MR) is 110 cm³/mol. The highest BCUT2D eigenvalue weighted by molar-refractivity contribution is 8.13. The topological polar surface area (TPSA) is 76.7 Å². The van der Waals surface area contributed by atoms with Gasteiger partial charge in [-0.05, 0) is 30.3 Å². The second-order valence-corrected chi connectivity index (χ2v) is 8.51. The summed E-state index contributed by atoms with van der Waals surface area (Å²) in [4.78, 5) is 17.1. The Morgan fingerprint density at radius 1 is 1.30 bits per heavy atom. The number of alkyl halides is 2. The van der Waals surface area contributed by atoms with E-state index >= 15 is 0 Å². The van der Waals surface area contributed by atoms with Crippen LogP contribution in [0.25, 0.3) is 0 Å². The van der Waals surface area contributed by atoms with Gasteiger partial charge in [0.25, 0.3) is 11.8 Å². The number of benzene rings is 2. The molecule has 0 bridgehead atoms. The van der Waals surface area contributed by atoms with Gasteiger partial charge in [0, 0.05) is 35.4 Å². The molecule has 2 aliphatic rings. The van der Waals surface area contributed by atoms with Crippen LogP contribution in [-0.2, 0) is 10.3 Å². The van der Waals surface area contributed by atoms with Crippen molar-refractivity contribution in [2.24, 2.45) is 10.9 Å². The first-order valence-electron chi connectivity index (χ1n) is 9.35. The average Bonchev–Trinajstić information content (AvgIpc) is 3.10. The molecule has 9 heteroatoms. The molecule has 0 spiro atoms. The highest BCUT2D eigenvalue weighted by atomic mass is 32.2.